The van der Waals surface area contributed by atoms with E-state index in [1.165, 1.54) is 53.2 Å². The van der Waals surface area contributed by atoms with Crippen LogP contribution in [0.4, 0.5) is 23.2 Å². The lowest BCUT2D eigenvalue weighted by molar-refractivity contribution is -0.385. The minimum atomic E-state index is -4.70. The fourth-order valence-electron chi connectivity index (χ4n) is 3.45. The minimum Gasteiger partial charge on any atom is -0.325 e. The molecule has 0 saturated heterocycles. The first-order chi connectivity index (χ1) is 16.0. The smallest absolute Gasteiger partial charge is 0.325 e. The third-order valence-electron chi connectivity index (χ3n) is 5.04. The molecule has 1 heterocycles. The van der Waals surface area contributed by atoms with Crippen LogP contribution in [0.3, 0.4) is 0 Å². The highest BCUT2D eigenvalue weighted by Gasteiger charge is 2.33. The number of para-hydroxylation sites is 1. The zero-order chi connectivity index (χ0) is 25.0. The van der Waals surface area contributed by atoms with Crippen molar-refractivity contribution in [3.8, 4) is 5.69 Å². The summed E-state index contributed by atoms with van der Waals surface area (Å²) >= 11 is 0. The van der Waals surface area contributed by atoms with Gasteiger partial charge in [-0.2, -0.15) is 18.3 Å². The molecule has 11 heteroatoms. The number of carbonyl (C=O) groups excluding carboxylic acids is 1. The Kier molecular flexibility index (Phi) is 7.14. The molecule has 0 aliphatic heterocycles. The average Bonchev–Trinajstić information content (AvgIpc) is 3.04. The van der Waals surface area contributed by atoms with Crippen molar-refractivity contribution in [1.82, 2.24) is 14.7 Å². The van der Waals surface area contributed by atoms with Gasteiger partial charge in [0, 0.05) is 29.0 Å². The van der Waals surface area contributed by atoms with E-state index in [0.717, 1.165) is 12.1 Å². The molecule has 3 aromatic rings. The lowest BCUT2D eigenvalue weighted by atomic mass is 10.1. The van der Waals surface area contributed by atoms with Crippen molar-refractivity contribution >= 4 is 17.7 Å². The Morgan fingerprint density at radius 3 is 2.41 bits per heavy atom. The number of amides is 1. The number of nitro benzene ring substituents is 1. The number of halogens is 4. The van der Waals surface area contributed by atoms with Gasteiger partial charge in [-0.25, -0.2) is 9.07 Å². The monoisotopic (exact) mass is 476 g/mol. The van der Waals surface area contributed by atoms with E-state index in [2.05, 4.69) is 5.10 Å². The van der Waals surface area contributed by atoms with E-state index in [9.17, 15) is 32.5 Å². The van der Waals surface area contributed by atoms with Crippen LogP contribution in [0.15, 0.2) is 54.6 Å². The minimum absolute atomic E-state index is 0.0185. The van der Waals surface area contributed by atoms with Gasteiger partial charge in [0.05, 0.1) is 22.8 Å². The fourth-order valence-corrected chi connectivity index (χ4v) is 3.45. The van der Waals surface area contributed by atoms with Gasteiger partial charge < -0.3 is 4.90 Å². The van der Waals surface area contributed by atoms with Gasteiger partial charge in [-0.15, -0.1) is 0 Å². The molecular weight excluding hydrogens is 456 g/mol. The second kappa shape index (κ2) is 9.86. The van der Waals surface area contributed by atoms with Crippen molar-refractivity contribution < 1.29 is 27.3 Å². The summed E-state index contributed by atoms with van der Waals surface area (Å²) < 4.78 is 54.2. The first-order valence-corrected chi connectivity index (χ1v) is 10.0. The number of hydrogen-bond donors (Lipinski definition) is 0. The molecule has 0 spiro atoms. The lowest BCUT2D eigenvalue weighted by Gasteiger charge is -2.22. The molecule has 2 aromatic carbocycles. The van der Waals surface area contributed by atoms with E-state index in [4.69, 9.17) is 0 Å². The molecule has 0 N–H and O–H groups in total. The molecule has 1 amide bonds. The van der Waals surface area contributed by atoms with Crippen molar-refractivity contribution in [2.45, 2.75) is 26.6 Å². The molecule has 0 unspecified atom stereocenters. The van der Waals surface area contributed by atoms with Crippen molar-refractivity contribution in [3.05, 3.63) is 93.1 Å². The molecule has 0 saturated carbocycles. The summed E-state index contributed by atoms with van der Waals surface area (Å²) in [5.41, 5.74) is 1.79. The molecule has 0 aliphatic rings. The molecule has 0 aliphatic carbocycles. The van der Waals surface area contributed by atoms with Gasteiger partial charge >= 0.3 is 6.18 Å². The zero-order valence-electron chi connectivity index (χ0n) is 18.2. The van der Waals surface area contributed by atoms with Crippen molar-refractivity contribution in [2.75, 3.05) is 6.54 Å². The number of aryl methyl sites for hydroxylation is 1. The summed E-state index contributed by atoms with van der Waals surface area (Å²) in [5, 5.41) is 15.6. The Morgan fingerprint density at radius 1 is 1.15 bits per heavy atom. The molecule has 0 bridgehead atoms. The molecule has 0 radical (unpaired) electrons. The third kappa shape index (κ3) is 5.85. The summed E-state index contributed by atoms with van der Waals surface area (Å²) in [6, 6.07) is 10.9. The van der Waals surface area contributed by atoms with Crippen LogP contribution in [0.1, 0.15) is 22.5 Å². The van der Waals surface area contributed by atoms with Gasteiger partial charge in [0.1, 0.15) is 12.4 Å². The van der Waals surface area contributed by atoms with Crippen LogP contribution in [-0.4, -0.2) is 38.2 Å². The normalized spacial score (nSPS) is 11.7. The van der Waals surface area contributed by atoms with E-state index >= 15 is 0 Å². The number of nitro groups is 1. The topological polar surface area (TPSA) is 81.3 Å². The Balaban J connectivity index is 1.89. The van der Waals surface area contributed by atoms with Crippen LogP contribution in [0, 0.1) is 29.8 Å². The largest absolute Gasteiger partial charge is 0.406 e. The Morgan fingerprint density at radius 2 is 1.79 bits per heavy atom. The van der Waals surface area contributed by atoms with Crippen LogP contribution >= 0.6 is 0 Å². The summed E-state index contributed by atoms with van der Waals surface area (Å²) in [7, 11) is 0. The van der Waals surface area contributed by atoms with E-state index < -0.39 is 35.9 Å². The molecular formula is C23H20F4N4O3. The number of alkyl halides is 3. The van der Waals surface area contributed by atoms with Crippen LogP contribution in [0.2, 0.25) is 0 Å². The lowest BCUT2D eigenvalue weighted by Crippen LogP contribution is -2.37. The molecule has 0 fully saturated rings. The summed E-state index contributed by atoms with van der Waals surface area (Å²) in [5.74, 6) is -1.39. The number of nitrogens with zero attached hydrogens (tertiary/aromatic N) is 4. The number of benzene rings is 2. The number of carbonyl (C=O) groups is 1. The Bertz CT molecular complexity index is 1230. The quantitative estimate of drug-likeness (QED) is 0.205. The van der Waals surface area contributed by atoms with Gasteiger partial charge in [0.2, 0.25) is 5.91 Å². The van der Waals surface area contributed by atoms with Crippen LogP contribution in [-0.2, 0) is 11.3 Å². The van der Waals surface area contributed by atoms with Crippen LogP contribution in [0.25, 0.3) is 11.8 Å². The fraction of sp³-hybridized carbons (Fsp3) is 0.217. The first kappa shape index (κ1) is 24.6. The van der Waals surface area contributed by atoms with E-state index in [0.29, 0.717) is 27.5 Å². The van der Waals surface area contributed by atoms with Gasteiger partial charge in [-0.05, 0) is 44.2 Å². The van der Waals surface area contributed by atoms with Crippen molar-refractivity contribution in [1.29, 1.82) is 0 Å². The molecule has 34 heavy (non-hydrogen) atoms. The average molecular weight is 476 g/mol. The third-order valence-corrected chi connectivity index (χ3v) is 5.04. The maximum absolute atomic E-state index is 13.2. The maximum atomic E-state index is 13.2. The summed E-state index contributed by atoms with van der Waals surface area (Å²) in [6.07, 6.45) is -2.37. The molecule has 3 rings (SSSR count). The second-order valence-electron chi connectivity index (χ2n) is 7.50. The van der Waals surface area contributed by atoms with Gasteiger partial charge in [0.15, 0.2) is 0 Å². The van der Waals surface area contributed by atoms with Crippen LogP contribution in [0.5, 0.6) is 0 Å². The van der Waals surface area contributed by atoms with Crippen LogP contribution < -0.4 is 0 Å². The number of hydrogen-bond acceptors (Lipinski definition) is 4. The molecule has 7 nitrogen and oxygen atoms in total. The van der Waals surface area contributed by atoms with Crippen molar-refractivity contribution in [2.24, 2.45) is 0 Å². The predicted octanol–water partition coefficient (Wildman–Crippen LogP) is 5.14. The highest BCUT2D eigenvalue weighted by Crippen LogP contribution is 2.24. The zero-order valence-corrected chi connectivity index (χ0v) is 18.2. The highest BCUT2D eigenvalue weighted by molar-refractivity contribution is 5.92. The maximum Gasteiger partial charge on any atom is 0.406 e. The highest BCUT2D eigenvalue weighted by atomic mass is 19.4. The van der Waals surface area contributed by atoms with E-state index in [-0.39, 0.29) is 11.3 Å². The predicted molar refractivity (Wildman–Crippen MR) is 117 cm³/mol. The van der Waals surface area contributed by atoms with Gasteiger partial charge in [-0.3, -0.25) is 14.9 Å². The second-order valence-corrected chi connectivity index (χ2v) is 7.50. The number of aromatic nitrogens is 2. The summed E-state index contributed by atoms with van der Waals surface area (Å²) in [6.45, 7) is 1.20. The Hall–Kier alpha value is -4.02. The van der Waals surface area contributed by atoms with E-state index in [1.807, 2.05) is 0 Å². The molecule has 178 valence electrons. The molecule has 0 atom stereocenters. The van der Waals surface area contributed by atoms with Gasteiger partial charge in [-0.1, -0.05) is 18.2 Å². The number of rotatable bonds is 7. The summed E-state index contributed by atoms with van der Waals surface area (Å²) in [4.78, 5) is 23.7. The molecule has 1 aromatic heterocycles. The van der Waals surface area contributed by atoms with Crippen molar-refractivity contribution in [3.63, 3.8) is 0 Å². The first-order valence-electron chi connectivity index (χ1n) is 10.0. The Labute approximate surface area is 192 Å². The SMILES string of the molecule is Cc1nn(-c2ccc(F)cc2)c(C)c1/C=C/C(=O)N(Cc1ccccc1[N+](=O)[O-])CC(F)(F)F. The standard InChI is InChI=1S/C23H20F4N4O3/c1-15-20(16(2)30(28-15)19-9-7-18(24)8-10-19)11-12-22(32)29(14-23(25,26)27)13-17-5-3-4-6-21(17)31(33)34/h3-12H,13-14H2,1-2H3/b12-11+. The van der Waals surface area contributed by atoms with E-state index in [1.54, 1.807) is 13.8 Å². The van der Waals surface area contributed by atoms with Gasteiger partial charge in [0.25, 0.3) is 5.69 Å².